The predicted molar refractivity (Wildman–Crippen MR) is 138 cm³/mol. The van der Waals surface area contributed by atoms with E-state index in [9.17, 15) is 4.79 Å². The molecule has 1 rings (SSSR count). The number of carboxylic acid groups (broad SMARTS) is 1. The zero-order chi connectivity index (χ0) is 23.7. The highest BCUT2D eigenvalue weighted by Crippen LogP contribution is 2.10. The monoisotopic (exact) mass is 448 g/mol. The zero-order valence-corrected chi connectivity index (χ0v) is 21.5. The number of imidazole rings is 1. The number of allylic oxidation sites excluding steroid dienone is 2. The van der Waals surface area contributed by atoms with Gasteiger partial charge in [0.15, 0.2) is 0 Å². The van der Waals surface area contributed by atoms with Gasteiger partial charge in [-0.15, -0.1) is 0 Å². The van der Waals surface area contributed by atoms with E-state index in [1.807, 2.05) is 6.20 Å². The van der Waals surface area contributed by atoms with Gasteiger partial charge in [-0.3, -0.25) is 4.79 Å². The number of nitrogens with zero attached hydrogens (tertiary/aromatic N) is 2. The van der Waals surface area contributed by atoms with Crippen LogP contribution in [0.25, 0.3) is 0 Å². The summed E-state index contributed by atoms with van der Waals surface area (Å²) in [6.45, 7) is 7.68. The molecule has 0 amide bonds. The van der Waals surface area contributed by atoms with Crippen molar-refractivity contribution < 1.29 is 9.90 Å². The summed E-state index contributed by atoms with van der Waals surface area (Å²) < 4.78 is 2.22. The lowest BCUT2D eigenvalue weighted by Gasteiger charge is -2.03. The van der Waals surface area contributed by atoms with Gasteiger partial charge in [-0.2, -0.15) is 0 Å². The molecule has 0 aliphatic heterocycles. The van der Waals surface area contributed by atoms with Crippen LogP contribution in [0.1, 0.15) is 135 Å². The molecule has 1 N–H and O–H groups in total. The standard InChI is InChI=1S/C18H34O2.C10H18N2/c1-2-3-4-5-6-7-8-9-10-11-12-13-14-15-16-17-18(19)20;1-3-4-5-6-8-12-9-7-11-10(12)2/h9-10H,2-8,11-17H2,1H3,(H,19,20);7,9H,3-6,8H2,1-2H3. The number of hydrogen-bond donors (Lipinski definition) is 1. The Morgan fingerprint density at radius 3 is 1.81 bits per heavy atom. The molecule has 0 fully saturated rings. The van der Waals surface area contributed by atoms with Crippen molar-refractivity contribution in [2.45, 2.75) is 143 Å². The van der Waals surface area contributed by atoms with E-state index in [1.54, 1.807) is 0 Å². The summed E-state index contributed by atoms with van der Waals surface area (Å²) >= 11 is 0. The molecule has 0 spiro atoms. The predicted octanol–water partition coefficient (Wildman–Crippen LogP) is 8.88. The number of unbranched alkanes of at least 4 members (excludes halogenated alkanes) is 14. The second-order valence-electron chi connectivity index (χ2n) is 8.96. The first-order valence-electron chi connectivity index (χ1n) is 13.5. The van der Waals surface area contributed by atoms with E-state index < -0.39 is 5.97 Å². The summed E-state index contributed by atoms with van der Waals surface area (Å²) in [6.07, 6.45) is 30.5. The Hall–Kier alpha value is -1.58. The second kappa shape index (κ2) is 24.1. The summed E-state index contributed by atoms with van der Waals surface area (Å²) in [5, 5.41) is 8.51. The maximum absolute atomic E-state index is 10.3. The van der Waals surface area contributed by atoms with Crippen molar-refractivity contribution in [3.63, 3.8) is 0 Å². The van der Waals surface area contributed by atoms with E-state index in [0.29, 0.717) is 6.42 Å². The van der Waals surface area contributed by atoms with Crippen molar-refractivity contribution in [2.75, 3.05) is 0 Å². The van der Waals surface area contributed by atoms with Crippen molar-refractivity contribution in [3.05, 3.63) is 30.4 Å². The molecule has 0 unspecified atom stereocenters. The Kier molecular flexibility index (Phi) is 22.9. The van der Waals surface area contributed by atoms with Gasteiger partial charge in [-0.05, 0) is 45.4 Å². The van der Waals surface area contributed by atoms with Gasteiger partial charge < -0.3 is 9.67 Å². The third kappa shape index (κ3) is 21.6. The minimum absolute atomic E-state index is 0.332. The molecule has 0 aliphatic carbocycles. The Balaban J connectivity index is 0.000000677. The molecule has 1 heterocycles. The number of carboxylic acids is 1. The van der Waals surface area contributed by atoms with Gasteiger partial charge in [0, 0.05) is 25.4 Å². The van der Waals surface area contributed by atoms with Crippen molar-refractivity contribution in [3.8, 4) is 0 Å². The molecular weight excluding hydrogens is 396 g/mol. The molecule has 0 saturated heterocycles. The van der Waals surface area contributed by atoms with Crippen LogP contribution >= 0.6 is 0 Å². The number of rotatable bonds is 20. The van der Waals surface area contributed by atoms with E-state index in [-0.39, 0.29) is 0 Å². The molecule has 4 heteroatoms. The number of carbonyl (C=O) groups is 1. The molecule has 186 valence electrons. The maximum atomic E-state index is 10.3. The SMILES string of the molecule is CCCCCCCCC=CCCCCCCCC(=O)O.CCCCCCn1ccnc1C. The van der Waals surface area contributed by atoms with Gasteiger partial charge in [-0.1, -0.05) is 96.6 Å². The summed E-state index contributed by atoms with van der Waals surface area (Å²) in [4.78, 5) is 14.5. The van der Waals surface area contributed by atoms with E-state index in [0.717, 1.165) is 25.2 Å². The Labute approximate surface area is 198 Å². The fourth-order valence-electron chi connectivity index (χ4n) is 3.70. The number of aryl methyl sites for hydroxylation is 2. The molecule has 4 nitrogen and oxygen atoms in total. The molecule has 0 aromatic carbocycles. The summed E-state index contributed by atoms with van der Waals surface area (Å²) in [5.74, 6) is 0.467. The normalized spacial score (nSPS) is 11.0. The van der Waals surface area contributed by atoms with E-state index >= 15 is 0 Å². The fourth-order valence-corrected chi connectivity index (χ4v) is 3.70. The largest absolute Gasteiger partial charge is 0.481 e. The molecule has 0 bridgehead atoms. The van der Waals surface area contributed by atoms with E-state index in [4.69, 9.17) is 5.11 Å². The highest BCUT2D eigenvalue weighted by Gasteiger charge is 1.96. The first-order chi connectivity index (χ1) is 15.6. The molecule has 0 atom stereocenters. The molecular formula is C28H52N2O2. The zero-order valence-electron chi connectivity index (χ0n) is 21.5. The van der Waals surface area contributed by atoms with Gasteiger partial charge in [0.2, 0.25) is 0 Å². The van der Waals surface area contributed by atoms with E-state index in [2.05, 4.69) is 48.7 Å². The van der Waals surface area contributed by atoms with Crippen LogP contribution in [0.15, 0.2) is 24.5 Å². The van der Waals surface area contributed by atoms with Crippen molar-refractivity contribution in [2.24, 2.45) is 0 Å². The number of aromatic nitrogens is 2. The Morgan fingerprint density at radius 2 is 1.31 bits per heavy atom. The average Bonchev–Trinajstić information content (AvgIpc) is 3.19. The minimum atomic E-state index is -0.664. The van der Waals surface area contributed by atoms with Gasteiger partial charge >= 0.3 is 5.97 Å². The van der Waals surface area contributed by atoms with Crippen LogP contribution < -0.4 is 0 Å². The van der Waals surface area contributed by atoms with Crippen LogP contribution in [-0.4, -0.2) is 20.6 Å². The maximum Gasteiger partial charge on any atom is 0.303 e. The first kappa shape index (κ1) is 30.4. The number of aliphatic carboxylic acids is 1. The highest BCUT2D eigenvalue weighted by atomic mass is 16.4. The molecule has 1 aromatic rings. The van der Waals surface area contributed by atoms with Crippen LogP contribution in [0.2, 0.25) is 0 Å². The second-order valence-corrected chi connectivity index (χ2v) is 8.96. The molecule has 0 radical (unpaired) electrons. The van der Waals surface area contributed by atoms with Crippen molar-refractivity contribution in [1.29, 1.82) is 0 Å². The van der Waals surface area contributed by atoms with Gasteiger partial charge in [-0.25, -0.2) is 4.98 Å². The third-order valence-corrected chi connectivity index (χ3v) is 5.83. The molecule has 0 aliphatic rings. The van der Waals surface area contributed by atoms with Gasteiger partial charge in [0.25, 0.3) is 0 Å². The van der Waals surface area contributed by atoms with Crippen LogP contribution in [0.5, 0.6) is 0 Å². The smallest absolute Gasteiger partial charge is 0.303 e. The summed E-state index contributed by atoms with van der Waals surface area (Å²) in [7, 11) is 0. The summed E-state index contributed by atoms with van der Waals surface area (Å²) in [5.41, 5.74) is 0. The molecule has 32 heavy (non-hydrogen) atoms. The van der Waals surface area contributed by atoms with Gasteiger partial charge in [0.05, 0.1) is 0 Å². The number of hydrogen-bond acceptors (Lipinski definition) is 2. The molecule has 0 saturated carbocycles. The fraction of sp³-hybridized carbons (Fsp3) is 0.786. The first-order valence-corrected chi connectivity index (χ1v) is 13.5. The summed E-state index contributed by atoms with van der Waals surface area (Å²) in [6, 6.07) is 0. The molecule has 1 aromatic heterocycles. The van der Waals surface area contributed by atoms with Crippen LogP contribution in [0.4, 0.5) is 0 Å². The van der Waals surface area contributed by atoms with Gasteiger partial charge in [0.1, 0.15) is 5.82 Å². The lowest BCUT2D eigenvalue weighted by atomic mass is 10.1. The van der Waals surface area contributed by atoms with Crippen LogP contribution in [0, 0.1) is 6.92 Å². The van der Waals surface area contributed by atoms with Crippen molar-refractivity contribution >= 4 is 5.97 Å². The van der Waals surface area contributed by atoms with E-state index in [1.165, 1.54) is 96.3 Å². The Bertz CT molecular complexity index is 551. The topological polar surface area (TPSA) is 55.1 Å². The highest BCUT2D eigenvalue weighted by molar-refractivity contribution is 5.66. The lowest BCUT2D eigenvalue weighted by molar-refractivity contribution is -0.137. The average molecular weight is 449 g/mol. The van der Waals surface area contributed by atoms with Crippen molar-refractivity contribution in [1.82, 2.24) is 9.55 Å². The minimum Gasteiger partial charge on any atom is -0.481 e. The quantitative estimate of drug-likeness (QED) is 0.160. The lowest BCUT2D eigenvalue weighted by Crippen LogP contribution is -1.98. The van der Waals surface area contributed by atoms with Crippen LogP contribution in [-0.2, 0) is 11.3 Å². The Morgan fingerprint density at radius 1 is 0.812 bits per heavy atom. The third-order valence-electron chi connectivity index (χ3n) is 5.83. The van der Waals surface area contributed by atoms with Crippen LogP contribution in [0.3, 0.4) is 0 Å².